The molecule has 0 spiro atoms. The Bertz CT molecular complexity index is 586. The van der Waals surface area contributed by atoms with Gasteiger partial charge < -0.3 is 10.1 Å². The molecule has 7 heteroatoms. The Morgan fingerprint density at radius 1 is 1.71 bits per heavy atom. The van der Waals surface area contributed by atoms with E-state index in [4.69, 9.17) is 10.00 Å². The van der Waals surface area contributed by atoms with E-state index in [1.165, 1.54) is 24.0 Å². The zero-order valence-corrected chi connectivity index (χ0v) is 8.99. The van der Waals surface area contributed by atoms with Crippen LogP contribution in [0.25, 0.3) is 5.52 Å². The van der Waals surface area contributed by atoms with Gasteiger partial charge in [-0.15, -0.1) is 0 Å². The highest BCUT2D eigenvalue weighted by Crippen LogP contribution is 2.24. The number of hydrogen-bond donors (Lipinski definition) is 1. The third-order valence-electron chi connectivity index (χ3n) is 2.29. The van der Waals surface area contributed by atoms with E-state index in [2.05, 4.69) is 15.4 Å². The number of aromatic nitrogens is 3. The van der Waals surface area contributed by atoms with Crippen LogP contribution in [0.15, 0.2) is 18.6 Å². The number of carbonyl (C=O) groups excluding carboxylic acids is 1. The summed E-state index contributed by atoms with van der Waals surface area (Å²) in [5.41, 5.74) is 1.11. The Kier molecular flexibility index (Phi) is 2.87. The molecule has 0 bridgehead atoms. The molecule has 7 nitrogen and oxygen atoms in total. The number of methoxy groups -OCH3 is 1. The van der Waals surface area contributed by atoms with Crippen LogP contribution in [-0.4, -0.2) is 28.1 Å². The molecule has 2 aromatic rings. The Morgan fingerprint density at radius 2 is 2.53 bits per heavy atom. The maximum Gasteiger partial charge on any atom is 0.240 e. The van der Waals surface area contributed by atoms with Crippen molar-refractivity contribution in [3.63, 3.8) is 0 Å². The van der Waals surface area contributed by atoms with Gasteiger partial charge in [0.1, 0.15) is 11.6 Å². The first-order chi connectivity index (χ1) is 8.31. The van der Waals surface area contributed by atoms with Crippen LogP contribution in [0.4, 0.5) is 0 Å². The molecule has 1 unspecified atom stereocenters. The molecular formula is C10H9N5O2. The number of rotatable bonds is 4. The lowest BCUT2D eigenvalue weighted by atomic mass is 10.1. The minimum atomic E-state index is -0.775. The van der Waals surface area contributed by atoms with E-state index in [0.29, 0.717) is 23.4 Å². The van der Waals surface area contributed by atoms with E-state index in [9.17, 15) is 4.79 Å². The van der Waals surface area contributed by atoms with Gasteiger partial charge in [0.2, 0.25) is 12.3 Å². The van der Waals surface area contributed by atoms with E-state index >= 15 is 0 Å². The Hall–Kier alpha value is -2.62. The summed E-state index contributed by atoms with van der Waals surface area (Å²) < 4.78 is 6.64. The third kappa shape index (κ3) is 1.76. The van der Waals surface area contributed by atoms with Crippen LogP contribution in [0, 0.1) is 11.3 Å². The highest BCUT2D eigenvalue weighted by Gasteiger charge is 2.18. The standard InChI is InChI=1S/C10H9N5O2/c1-17-10-9-7(8(4-11)13-6-16)5-14-15(9)3-2-12-10/h2-3,5-6,8H,1H3,(H,13,16). The van der Waals surface area contributed by atoms with Gasteiger partial charge in [-0.05, 0) is 0 Å². The quantitative estimate of drug-likeness (QED) is 0.750. The zero-order chi connectivity index (χ0) is 12.3. The summed E-state index contributed by atoms with van der Waals surface area (Å²) in [5.74, 6) is 0.355. The van der Waals surface area contributed by atoms with Gasteiger partial charge in [-0.2, -0.15) is 10.4 Å². The lowest BCUT2D eigenvalue weighted by Gasteiger charge is -2.07. The molecule has 86 valence electrons. The molecule has 0 fully saturated rings. The fourth-order valence-corrected chi connectivity index (χ4v) is 1.56. The second-order valence-electron chi connectivity index (χ2n) is 3.18. The summed E-state index contributed by atoms with van der Waals surface area (Å²) in [6, 6.07) is 1.19. The minimum absolute atomic E-state index is 0.355. The topological polar surface area (TPSA) is 92.3 Å². The number of carbonyl (C=O) groups is 1. The number of nitrogens with zero attached hydrogens (tertiary/aromatic N) is 4. The molecule has 2 aromatic heterocycles. The van der Waals surface area contributed by atoms with E-state index in [-0.39, 0.29) is 0 Å². The van der Waals surface area contributed by atoms with Crippen LogP contribution < -0.4 is 10.1 Å². The predicted octanol–water partition coefficient (Wildman–Crippen LogP) is 0.0486. The molecule has 1 atom stereocenters. The Labute approximate surface area is 96.6 Å². The summed E-state index contributed by atoms with van der Waals surface area (Å²) in [4.78, 5) is 14.5. The maximum absolute atomic E-state index is 10.4. The highest BCUT2D eigenvalue weighted by atomic mass is 16.5. The predicted molar refractivity (Wildman–Crippen MR) is 57.1 cm³/mol. The molecule has 0 radical (unpaired) electrons. The monoisotopic (exact) mass is 231 g/mol. The van der Waals surface area contributed by atoms with Crippen LogP contribution in [0.5, 0.6) is 5.88 Å². The van der Waals surface area contributed by atoms with Crippen LogP contribution >= 0.6 is 0 Å². The van der Waals surface area contributed by atoms with Gasteiger partial charge in [-0.25, -0.2) is 9.50 Å². The normalized spacial score (nSPS) is 11.8. The van der Waals surface area contributed by atoms with Crippen molar-refractivity contribution in [2.45, 2.75) is 6.04 Å². The van der Waals surface area contributed by atoms with Gasteiger partial charge in [0.05, 0.1) is 19.4 Å². The van der Waals surface area contributed by atoms with E-state index in [1.54, 1.807) is 6.20 Å². The number of fused-ring (bicyclic) bond motifs is 1. The van der Waals surface area contributed by atoms with Crippen molar-refractivity contribution in [2.24, 2.45) is 0 Å². The number of nitrogens with one attached hydrogen (secondary N) is 1. The molecule has 0 saturated heterocycles. The van der Waals surface area contributed by atoms with Crippen molar-refractivity contribution in [2.75, 3.05) is 7.11 Å². The number of ether oxygens (including phenoxy) is 1. The lowest BCUT2D eigenvalue weighted by molar-refractivity contribution is -0.109. The molecule has 0 aromatic carbocycles. The molecule has 0 aliphatic rings. The molecule has 0 aliphatic carbocycles. The SMILES string of the molecule is COc1nccn2ncc(C(C#N)NC=O)c12. The van der Waals surface area contributed by atoms with Crippen LogP contribution in [-0.2, 0) is 4.79 Å². The summed E-state index contributed by atoms with van der Waals surface area (Å²) in [6.07, 6.45) is 5.15. The number of hydrogen-bond acceptors (Lipinski definition) is 5. The van der Waals surface area contributed by atoms with Crippen molar-refractivity contribution in [3.05, 3.63) is 24.2 Å². The zero-order valence-electron chi connectivity index (χ0n) is 8.99. The first-order valence-corrected chi connectivity index (χ1v) is 4.77. The lowest BCUT2D eigenvalue weighted by Crippen LogP contribution is -2.17. The average Bonchev–Trinajstić information content (AvgIpc) is 2.79. The third-order valence-corrected chi connectivity index (χ3v) is 2.29. The fourth-order valence-electron chi connectivity index (χ4n) is 1.56. The molecule has 1 N–H and O–H groups in total. The van der Waals surface area contributed by atoms with E-state index in [0.717, 1.165) is 0 Å². The van der Waals surface area contributed by atoms with Crippen molar-refractivity contribution in [1.29, 1.82) is 5.26 Å². The first-order valence-electron chi connectivity index (χ1n) is 4.77. The minimum Gasteiger partial charge on any atom is -0.479 e. The van der Waals surface area contributed by atoms with Gasteiger partial charge in [-0.1, -0.05) is 0 Å². The van der Waals surface area contributed by atoms with Crippen LogP contribution in [0.1, 0.15) is 11.6 Å². The summed E-state index contributed by atoms with van der Waals surface area (Å²) in [7, 11) is 1.48. The van der Waals surface area contributed by atoms with Gasteiger partial charge in [0.25, 0.3) is 0 Å². The largest absolute Gasteiger partial charge is 0.479 e. The van der Waals surface area contributed by atoms with Crippen LogP contribution in [0.2, 0.25) is 0 Å². The van der Waals surface area contributed by atoms with Gasteiger partial charge in [-0.3, -0.25) is 4.79 Å². The molecule has 2 rings (SSSR count). The second-order valence-corrected chi connectivity index (χ2v) is 3.18. The molecule has 2 heterocycles. The Balaban J connectivity index is 2.62. The fraction of sp³-hybridized carbons (Fsp3) is 0.200. The molecular weight excluding hydrogens is 222 g/mol. The van der Waals surface area contributed by atoms with Crippen molar-refractivity contribution < 1.29 is 9.53 Å². The van der Waals surface area contributed by atoms with Crippen molar-refractivity contribution in [1.82, 2.24) is 19.9 Å². The molecule has 0 saturated carbocycles. The first kappa shape index (κ1) is 10.9. The number of nitriles is 1. The molecule has 1 amide bonds. The highest BCUT2D eigenvalue weighted by molar-refractivity contribution is 5.65. The Morgan fingerprint density at radius 3 is 3.18 bits per heavy atom. The van der Waals surface area contributed by atoms with Crippen molar-refractivity contribution >= 4 is 11.9 Å². The summed E-state index contributed by atoms with van der Waals surface area (Å²) in [5, 5.41) is 15.5. The number of amides is 1. The van der Waals surface area contributed by atoms with Crippen LogP contribution in [0.3, 0.4) is 0 Å². The van der Waals surface area contributed by atoms with Gasteiger partial charge in [0.15, 0.2) is 0 Å². The van der Waals surface area contributed by atoms with Crippen molar-refractivity contribution in [3.8, 4) is 11.9 Å². The average molecular weight is 231 g/mol. The van der Waals surface area contributed by atoms with E-state index in [1.807, 2.05) is 6.07 Å². The van der Waals surface area contributed by atoms with E-state index < -0.39 is 6.04 Å². The van der Waals surface area contributed by atoms with Gasteiger partial charge in [0, 0.05) is 18.0 Å². The molecule has 17 heavy (non-hydrogen) atoms. The second kappa shape index (κ2) is 4.49. The smallest absolute Gasteiger partial charge is 0.240 e. The summed E-state index contributed by atoms with van der Waals surface area (Å²) in [6.45, 7) is 0. The van der Waals surface area contributed by atoms with Gasteiger partial charge >= 0.3 is 0 Å². The maximum atomic E-state index is 10.4. The molecule has 0 aliphatic heterocycles. The summed E-state index contributed by atoms with van der Waals surface area (Å²) >= 11 is 0.